The molecule has 7 heteroatoms. The molecule has 0 saturated carbocycles. The molecule has 1 aromatic rings. The third-order valence-electron chi connectivity index (χ3n) is 5.69. The molecule has 2 saturated heterocycles. The lowest BCUT2D eigenvalue weighted by molar-refractivity contribution is -0.144. The normalized spacial score (nSPS) is 28.2. The summed E-state index contributed by atoms with van der Waals surface area (Å²) in [4.78, 5) is 29.1. The zero-order valence-corrected chi connectivity index (χ0v) is 16.1. The van der Waals surface area contributed by atoms with Crippen molar-refractivity contribution >= 4 is 21.7 Å². The molecule has 2 amide bonds. The van der Waals surface area contributed by atoms with E-state index in [1.807, 2.05) is 30.3 Å². The minimum atomic E-state index is -3.15. The van der Waals surface area contributed by atoms with E-state index in [-0.39, 0.29) is 36.6 Å². The minimum absolute atomic E-state index is 0.00503. The molecule has 0 bridgehead atoms. The van der Waals surface area contributed by atoms with Crippen molar-refractivity contribution in [3.63, 3.8) is 0 Å². The highest BCUT2D eigenvalue weighted by Gasteiger charge is 2.43. The molecule has 3 atom stereocenters. The summed E-state index contributed by atoms with van der Waals surface area (Å²) in [6.07, 6.45) is 1.72. The molecule has 2 aliphatic rings. The van der Waals surface area contributed by atoms with E-state index in [9.17, 15) is 18.0 Å². The molecule has 2 fully saturated rings. The number of carbonyl (C=O) groups is 2. The first kappa shape index (κ1) is 18.9. The van der Waals surface area contributed by atoms with Crippen LogP contribution in [0.15, 0.2) is 30.3 Å². The maximum atomic E-state index is 13.1. The molecular weight excluding hydrogens is 352 g/mol. The zero-order valence-electron chi connectivity index (χ0n) is 15.3. The van der Waals surface area contributed by atoms with Crippen LogP contribution >= 0.6 is 0 Å². The summed E-state index contributed by atoms with van der Waals surface area (Å²) in [6.45, 7) is 4.23. The van der Waals surface area contributed by atoms with E-state index in [0.717, 1.165) is 12.0 Å². The van der Waals surface area contributed by atoms with Gasteiger partial charge in [-0.15, -0.1) is 0 Å². The quantitative estimate of drug-likeness (QED) is 0.793. The van der Waals surface area contributed by atoms with E-state index < -0.39 is 21.1 Å². The van der Waals surface area contributed by atoms with E-state index in [0.29, 0.717) is 13.0 Å². The maximum Gasteiger partial charge on any atom is 0.245 e. The topological polar surface area (TPSA) is 74.8 Å². The fourth-order valence-electron chi connectivity index (χ4n) is 3.86. The number of rotatable bonds is 3. The maximum absolute atomic E-state index is 13.1. The number of hydrogen-bond acceptors (Lipinski definition) is 4. The summed E-state index contributed by atoms with van der Waals surface area (Å²) in [5, 5.41) is -0.574. The fourth-order valence-corrected chi connectivity index (χ4v) is 5.43. The highest BCUT2D eigenvalue weighted by atomic mass is 32.2. The van der Waals surface area contributed by atoms with E-state index in [2.05, 4.69) is 0 Å². The molecule has 0 aliphatic carbocycles. The average molecular weight is 378 g/mol. The van der Waals surface area contributed by atoms with Gasteiger partial charge in [-0.3, -0.25) is 9.59 Å². The van der Waals surface area contributed by atoms with Gasteiger partial charge >= 0.3 is 0 Å². The number of nitrogens with zero attached hydrogens (tertiary/aromatic N) is 2. The summed E-state index contributed by atoms with van der Waals surface area (Å²) in [5.74, 6) is -0.162. The van der Waals surface area contributed by atoms with E-state index in [4.69, 9.17) is 0 Å². The Morgan fingerprint density at radius 1 is 1.08 bits per heavy atom. The number of likely N-dealkylation sites (tertiary alicyclic amines) is 1. The smallest absolute Gasteiger partial charge is 0.245 e. The van der Waals surface area contributed by atoms with Crippen molar-refractivity contribution in [2.45, 2.75) is 50.4 Å². The Bertz CT molecular complexity index is 778. The van der Waals surface area contributed by atoms with Crippen LogP contribution < -0.4 is 0 Å². The Hall–Kier alpha value is -1.89. The molecular formula is C19H26N2O4S. The molecule has 1 aromatic carbocycles. The van der Waals surface area contributed by atoms with Gasteiger partial charge < -0.3 is 9.80 Å². The fraction of sp³-hybridized carbons (Fsp3) is 0.579. The van der Waals surface area contributed by atoms with Gasteiger partial charge in [0.25, 0.3) is 0 Å². The minimum Gasteiger partial charge on any atom is -0.336 e. The predicted molar refractivity (Wildman–Crippen MR) is 99.3 cm³/mol. The molecule has 0 aromatic heterocycles. The first-order valence-electron chi connectivity index (χ1n) is 9.16. The van der Waals surface area contributed by atoms with Gasteiger partial charge in [-0.1, -0.05) is 30.3 Å². The van der Waals surface area contributed by atoms with Crippen molar-refractivity contribution in [2.24, 2.45) is 0 Å². The van der Waals surface area contributed by atoms with E-state index in [1.54, 1.807) is 23.6 Å². The second-order valence-corrected chi connectivity index (χ2v) is 9.73. The molecule has 142 valence electrons. The molecule has 0 spiro atoms. The van der Waals surface area contributed by atoms with Crippen LogP contribution in [0.5, 0.6) is 0 Å². The van der Waals surface area contributed by atoms with Crippen molar-refractivity contribution in [1.29, 1.82) is 0 Å². The lowest BCUT2D eigenvalue weighted by atomic mass is 10.1. The Balaban J connectivity index is 1.71. The van der Waals surface area contributed by atoms with Crippen LogP contribution in [0, 0.1) is 0 Å². The monoisotopic (exact) mass is 378 g/mol. The first-order valence-corrected chi connectivity index (χ1v) is 10.9. The predicted octanol–water partition coefficient (Wildman–Crippen LogP) is 1.25. The SMILES string of the molecule is CC1C(C)S(=O)(=O)CCN1C(=O)C1CCCN1C(=O)Cc1ccccc1. The van der Waals surface area contributed by atoms with Gasteiger partial charge in [0.2, 0.25) is 11.8 Å². The summed E-state index contributed by atoms with van der Waals surface area (Å²) in [5.41, 5.74) is 0.932. The number of sulfone groups is 1. The Labute approximate surface area is 155 Å². The summed E-state index contributed by atoms with van der Waals surface area (Å²) < 4.78 is 24.1. The molecule has 2 heterocycles. The summed E-state index contributed by atoms with van der Waals surface area (Å²) in [7, 11) is -3.15. The van der Waals surface area contributed by atoms with Gasteiger partial charge in [0.15, 0.2) is 9.84 Å². The van der Waals surface area contributed by atoms with Crippen molar-refractivity contribution in [3.05, 3.63) is 35.9 Å². The number of amides is 2. The van der Waals surface area contributed by atoms with E-state index >= 15 is 0 Å². The van der Waals surface area contributed by atoms with Gasteiger partial charge in [-0.2, -0.15) is 0 Å². The molecule has 0 radical (unpaired) electrons. The second-order valence-electron chi connectivity index (χ2n) is 7.25. The third kappa shape index (κ3) is 3.63. The molecule has 26 heavy (non-hydrogen) atoms. The average Bonchev–Trinajstić information content (AvgIpc) is 3.10. The highest BCUT2D eigenvalue weighted by Crippen LogP contribution is 2.25. The third-order valence-corrected chi connectivity index (χ3v) is 7.97. The Morgan fingerprint density at radius 2 is 1.77 bits per heavy atom. The zero-order chi connectivity index (χ0) is 18.9. The van der Waals surface area contributed by atoms with Crippen LogP contribution in [0.3, 0.4) is 0 Å². The van der Waals surface area contributed by atoms with Crippen LogP contribution in [0.1, 0.15) is 32.3 Å². The summed E-state index contributed by atoms with van der Waals surface area (Å²) >= 11 is 0. The Morgan fingerprint density at radius 3 is 2.46 bits per heavy atom. The van der Waals surface area contributed by atoms with Crippen LogP contribution in [-0.4, -0.2) is 66.2 Å². The number of carbonyl (C=O) groups excluding carboxylic acids is 2. The highest BCUT2D eigenvalue weighted by molar-refractivity contribution is 7.92. The lowest BCUT2D eigenvalue weighted by Crippen LogP contribution is -2.58. The standard InChI is InChI=1S/C19H26N2O4S/c1-14-15(2)26(24,25)12-11-20(14)19(23)17-9-6-10-21(17)18(22)13-16-7-4-3-5-8-16/h3-5,7-8,14-15,17H,6,9-13H2,1-2H3. The molecule has 6 nitrogen and oxygen atoms in total. The Kier molecular flexibility index (Phi) is 5.37. The molecule has 2 aliphatic heterocycles. The van der Waals surface area contributed by atoms with Crippen LogP contribution in [0.2, 0.25) is 0 Å². The molecule has 0 N–H and O–H groups in total. The van der Waals surface area contributed by atoms with Crippen molar-refractivity contribution in [2.75, 3.05) is 18.8 Å². The van der Waals surface area contributed by atoms with Crippen LogP contribution in [-0.2, 0) is 25.8 Å². The number of benzene rings is 1. The van der Waals surface area contributed by atoms with Gasteiger partial charge in [-0.05, 0) is 32.3 Å². The van der Waals surface area contributed by atoms with E-state index in [1.165, 1.54) is 0 Å². The molecule has 3 rings (SSSR count). The van der Waals surface area contributed by atoms with Crippen molar-refractivity contribution in [3.8, 4) is 0 Å². The lowest BCUT2D eigenvalue weighted by Gasteiger charge is -2.40. The summed E-state index contributed by atoms with van der Waals surface area (Å²) in [6, 6.07) is 8.67. The van der Waals surface area contributed by atoms with Crippen LogP contribution in [0.4, 0.5) is 0 Å². The number of hydrogen-bond donors (Lipinski definition) is 0. The van der Waals surface area contributed by atoms with Gasteiger partial charge in [0.1, 0.15) is 6.04 Å². The largest absolute Gasteiger partial charge is 0.336 e. The molecule has 3 unspecified atom stereocenters. The first-order chi connectivity index (χ1) is 12.3. The second kappa shape index (κ2) is 7.39. The van der Waals surface area contributed by atoms with Crippen LogP contribution in [0.25, 0.3) is 0 Å². The van der Waals surface area contributed by atoms with Gasteiger partial charge in [0, 0.05) is 19.1 Å². The van der Waals surface area contributed by atoms with Gasteiger partial charge in [0.05, 0.1) is 17.4 Å². The van der Waals surface area contributed by atoms with Crippen molar-refractivity contribution in [1.82, 2.24) is 9.80 Å². The van der Waals surface area contributed by atoms with Crippen molar-refractivity contribution < 1.29 is 18.0 Å². The van der Waals surface area contributed by atoms with Gasteiger partial charge in [-0.25, -0.2) is 8.42 Å².